The molecule has 3 heterocycles. The highest BCUT2D eigenvalue weighted by Crippen LogP contribution is 2.31. The molecule has 2 aromatic heterocycles. The van der Waals surface area contributed by atoms with Crippen LogP contribution in [0.1, 0.15) is 22.3 Å². The van der Waals surface area contributed by atoms with Crippen LogP contribution in [0.2, 0.25) is 0 Å². The molecule has 124 valence electrons. The lowest BCUT2D eigenvalue weighted by molar-refractivity contribution is 0.109. The van der Waals surface area contributed by atoms with Crippen LogP contribution < -0.4 is 0 Å². The van der Waals surface area contributed by atoms with Gasteiger partial charge in [-0.1, -0.05) is 6.07 Å². The molecule has 0 fully saturated rings. The van der Waals surface area contributed by atoms with E-state index in [-0.39, 0.29) is 0 Å². The maximum atomic E-state index is 5.69. The molecule has 0 aliphatic carbocycles. The quantitative estimate of drug-likeness (QED) is 0.800. The van der Waals surface area contributed by atoms with Crippen LogP contribution in [0.5, 0.6) is 0 Å². The molecule has 1 N–H and O–H groups in total. The summed E-state index contributed by atoms with van der Waals surface area (Å²) in [7, 11) is 4.22. The Morgan fingerprint density at radius 1 is 1.21 bits per heavy atom. The summed E-state index contributed by atoms with van der Waals surface area (Å²) < 4.78 is 5.69. The third-order valence-corrected chi connectivity index (χ3v) is 4.75. The van der Waals surface area contributed by atoms with Crippen molar-refractivity contribution in [2.45, 2.75) is 26.5 Å². The molecule has 4 rings (SSSR count). The van der Waals surface area contributed by atoms with Gasteiger partial charge in [0.15, 0.2) is 0 Å². The molecule has 3 aromatic rings. The van der Waals surface area contributed by atoms with E-state index in [0.717, 1.165) is 31.8 Å². The number of H-pyrrole nitrogens is 1. The predicted molar refractivity (Wildman–Crippen MR) is 97.0 cm³/mol. The number of nitrogens with one attached hydrogen (secondary N) is 1. The third-order valence-electron chi connectivity index (χ3n) is 4.75. The molecule has 24 heavy (non-hydrogen) atoms. The minimum Gasteiger partial charge on any atom is -0.376 e. The zero-order valence-corrected chi connectivity index (χ0v) is 14.5. The van der Waals surface area contributed by atoms with Gasteiger partial charge in [-0.25, -0.2) is 4.98 Å². The molecular formula is C20H23N3O. The Balaban J connectivity index is 1.85. The fraction of sp³-hybridized carbons (Fsp3) is 0.350. The van der Waals surface area contributed by atoms with E-state index >= 15 is 0 Å². The van der Waals surface area contributed by atoms with Gasteiger partial charge in [0.05, 0.1) is 13.2 Å². The summed E-state index contributed by atoms with van der Waals surface area (Å²) in [5.41, 5.74) is 8.77. The molecule has 0 amide bonds. The minimum atomic E-state index is 0.729. The second-order valence-electron chi connectivity index (χ2n) is 6.91. The fourth-order valence-corrected chi connectivity index (χ4v) is 3.50. The van der Waals surface area contributed by atoms with Gasteiger partial charge in [-0.15, -0.1) is 0 Å². The number of aryl methyl sites for hydroxylation is 1. The fourth-order valence-electron chi connectivity index (χ4n) is 3.50. The summed E-state index contributed by atoms with van der Waals surface area (Å²) in [4.78, 5) is 10.0. The summed E-state index contributed by atoms with van der Waals surface area (Å²) in [5, 5.41) is 1.20. The average molecular weight is 321 g/mol. The van der Waals surface area contributed by atoms with Crippen LogP contribution in [0.4, 0.5) is 0 Å². The molecule has 4 heteroatoms. The molecule has 0 bridgehead atoms. The Morgan fingerprint density at radius 2 is 2.08 bits per heavy atom. The number of ether oxygens (including phenoxy) is 1. The highest BCUT2D eigenvalue weighted by molar-refractivity contribution is 5.84. The van der Waals surface area contributed by atoms with Crippen LogP contribution >= 0.6 is 0 Å². The lowest BCUT2D eigenvalue weighted by Gasteiger charge is -2.23. The van der Waals surface area contributed by atoms with E-state index in [0.29, 0.717) is 0 Å². The van der Waals surface area contributed by atoms with Gasteiger partial charge in [-0.3, -0.25) is 0 Å². The monoisotopic (exact) mass is 321 g/mol. The van der Waals surface area contributed by atoms with Gasteiger partial charge in [0.2, 0.25) is 0 Å². The number of hydrogen-bond acceptors (Lipinski definition) is 3. The maximum Gasteiger partial charge on any atom is 0.137 e. The number of pyridine rings is 1. The van der Waals surface area contributed by atoms with Crippen molar-refractivity contribution in [2.75, 3.05) is 20.7 Å². The van der Waals surface area contributed by atoms with Crippen LogP contribution in [0.15, 0.2) is 30.6 Å². The Morgan fingerprint density at radius 3 is 2.92 bits per heavy atom. The molecule has 1 aromatic carbocycles. The SMILES string of the molecule is Cc1c[nH]c2ncc(-c3cc4c(c(CN(C)C)c3)COCC4)cc12. The van der Waals surface area contributed by atoms with Gasteiger partial charge in [0.1, 0.15) is 5.65 Å². The molecule has 0 saturated heterocycles. The first kappa shape index (κ1) is 15.4. The van der Waals surface area contributed by atoms with E-state index in [2.05, 4.69) is 54.1 Å². The molecule has 0 saturated carbocycles. The van der Waals surface area contributed by atoms with Gasteiger partial charge < -0.3 is 14.6 Å². The Kier molecular flexibility index (Phi) is 3.87. The molecule has 0 radical (unpaired) electrons. The number of hydrogen-bond donors (Lipinski definition) is 1. The number of aromatic nitrogens is 2. The van der Waals surface area contributed by atoms with Crippen molar-refractivity contribution in [3.05, 3.63) is 52.8 Å². The van der Waals surface area contributed by atoms with Crippen molar-refractivity contribution in [2.24, 2.45) is 0 Å². The van der Waals surface area contributed by atoms with Crippen LogP contribution in [0.25, 0.3) is 22.2 Å². The lowest BCUT2D eigenvalue weighted by Crippen LogP contribution is -2.17. The summed E-state index contributed by atoms with van der Waals surface area (Å²) in [6.45, 7) is 4.59. The zero-order valence-electron chi connectivity index (χ0n) is 14.5. The second-order valence-corrected chi connectivity index (χ2v) is 6.91. The highest BCUT2D eigenvalue weighted by atomic mass is 16.5. The normalized spacial score (nSPS) is 14.3. The van der Waals surface area contributed by atoms with E-state index in [9.17, 15) is 0 Å². The van der Waals surface area contributed by atoms with Gasteiger partial charge in [0, 0.05) is 29.9 Å². The molecule has 4 nitrogen and oxygen atoms in total. The Labute approximate surface area is 142 Å². The van der Waals surface area contributed by atoms with E-state index in [1.807, 2.05) is 12.4 Å². The molecule has 0 unspecified atom stereocenters. The van der Waals surface area contributed by atoms with Crippen LogP contribution in [-0.2, 0) is 24.3 Å². The minimum absolute atomic E-state index is 0.729. The summed E-state index contributed by atoms with van der Waals surface area (Å²) in [6, 6.07) is 6.87. The van der Waals surface area contributed by atoms with Crippen molar-refractivity contribution in [1.29, 1.82) is 0 Å². The maximum absolute atomic E-state index is 5.69. The van der Waals surface area contributed by atoms with Crippen molar-refractivity contribution >= 4 is 11.0 Å². The number of rotatable bonds is 3. The standard InChI is InChI=1S/C20H23N3O/c1-13-9-21-20-18(13)8-16(10-22-20)15-6-14-4-5-24-12-19(14)17(7-15)11-23(2)3/h6-10H,4-5,11-12H2,1-3H3,(H,21,22). The molecule has 1 aliphatic heterocycles. The van der Waals surface area contributed by atoms with E-state index in [1.165, 1.54) is 38.8 Å². The summed E-state index contributed by atoms with van der Waals surface area (Å²) in [6.07, 6.45) is 4.98. The zero-order chi connectivity index (χ0) is 16.7. The van der Waals surface area contributed by atoms with E-state index in [1.54, 1.807) is 0 Å². The van der Waals surface area contributed by atoms with E-state index < -0.39 is 0 Å². The number of fused-ring (bicyclic) bond motifs is 2. The summed E-state index contributed by atoms with van der Waals surface area (Å²) >= 11 is 0. The molecule has 1 aliphatic rings. The second kappa shape index (κ2) is 6.04. The van der Waals surface area contributed by atoms with Gasteiger partial charge in [0.25, 0.3) is 0 Å². The van der Waals surface area contributed by atoms with Gasteiger partial charge in [-0.2, -0.15) is 0 Å². The molecular weight excluding hydrogens is 298 g/mol. The van der Waals surface area contributed by atoms with Crippen molar-refractivity contribution in [1.82, 2.24) is 14.9 Å². The molecule has 0 atom stereocenters. The predicted octanol–water partition coefficient (Wildman–Crippen LogP) is 3.67. The van der Waals surface area contributed by atoms with Crippen LogP contribution in [0, 0.1) is 6.92 Å². The highest BCUT2D eigenvalue weighted by Gasteiger charge is 2.17. The van der Waals surface area contributed by atoms with Crippen LogP contribution in [0.3, 0.4) is 0 Å². The van der Waals surface area contributed by atoms with Gasteiger partial charge >= 0.3 is 0 Å². The number of benzene rings is 1. The first-order valence-corrected chi connectivity index (χ1v) is 8.43. The van der Waals surface area contributed by atoms with Crippen molar-refractivity contribution in [3.8, 4) is 11.1 Å². The summed E-state index contributed by atoms with van der Waals surface area (Å²) in [5.74, 6) is 0. The topological polar surface area (TPSA) is 41.2 Å². The average Bonchev–Trinajstić information content (AvgIpc) is 2.95. The first-order chi connectivity index (χ1) is 11.6. The van der Waals surface area contributed by atoms with Crippen molar-refractivity contribution < 1.29 is 4.74 Å². The third kappa shape index (κ3) is 2.72. The molecule has 0 spiro atoms. The van der Waals surface area contributed by atoms with Crippen LogP contribution in [-0.4, -0.2) is 35.6 Å². The number of nitrogens with zero attached hydrogens (tertiary/aromatic N) is 2. The smallest absolute Gasteiger partial charge is 0.137 e. The Hall–Kier alpha value is -2.17. The lowest BCUT2D eigenvalue weighted by atomic mass is 9.92. The number of aromatic amines is 1. The largest absolute Gasteiger partial charge is 0.376 e. The first-order valence-electron chi connectivity index (χ1n) is 8.43. The van der Waals surface area contributed by atoms with Crippen molar-refractivity contribution in [3.63, 3.8) is 0 Å². The van der Waals surface area contributed by atoms with Gasteiger partial charge in [-0.05, 0) is 67.4 Å². The van der Waals surface area contributed by atoms with E-state index in [4.69, 9.17) is 4.74 Å². The Bertz CT molecular complexity index is 895.